The number of rotatable bonds is 6. The van der Waals surface area contributed by atoms with E-state index in [1.54, 1.807) is 17.9 Å². The largest absolute Gasteiger partial charge is 0.455 e. The summed E-state index contributed by atoms with van der Waals surface area (Å²) >= 11 is 3.63. The maximum absolute atomic E-state index is 15.3. The predicted molar refractivity (Wildman–Crippen MR) is 189 cm³/mol. The van der Waals surface area contributed by atoms with Crippen LogP contribution in [-0.2, 0) is 28.7 Å². The Hall–Kier alpha value is -3.02. The van der Waals surface area contributed by atoms with E-state index in [4.69, 9.17) is 9.47 Å². The number of ether oxygens (including phenoxy) is 2. The highest BCUT2D eigenvalue weighted by atomic mass is 79.9. The Labute approximate surface area is 298 Å². The fraction of sp³-hybridized carbons (Fsp3) is 0.632. The van der Waals surface area contributed by atoms with E-state index < -0.39 is 65.2 Å². The number of likely N-dealkylation sites (tertiary alicyclic amines) is 1. The van der Waals surface area contributed by atoms with Gasteiger partial charge in [-0.1, -0.05) is 93.0 Å². The average Bonchev–Trinajstić information content (AvgIpc) is 3.59. The van der Waals surface area contributed by atoms with Gasteiger partial charge >= 0.3 is 5.97 Å². The molecular formula is C38H52BrN3O7. The lowest BCUT2D eigenvalue weighted by Gasteiger charge is -2.46. The highest BCUT2D eigenvalue weighted by Crippen LogP contribution is 2.60. The Morgan fingerprint density at radius 2 is 1.69 bits per heavy atom. The summed E-state index contributed by atoms with van der Waals surface area (Å²) < 4.78 is 13.5. The number of carbonyl (C=O) groups is 4. The second-order valence-corrected chi connectivity index (χ2v) is 17.1. The van der Waals surface area contributed by atoms with Gasteiger partial charge in [0.05, 0.1) is 24.6 Å². The van der Waals surface area contributed by atoms with Crippen LogP contribution in [0, 0.1) is 23.2 Å². The Bertz CT molecular complexity index is 1500. The van der Waals surface area contributed by atoms with Crippen molar-refractivity contribution in [2.75, 3.05) is 13.2 Å². The van der Waals surface area contributed by atoms with Gasteiger partial charge in [-0.15, -0.1) is 0 Å². The minimum Gasteiger partial charge on any atom is -0.455 e. The number of halogens is 1. The summed E-state index contributed by atoms with van der Waals surface area (Å²) in [6.45, 7) is 15.9. The maximum atomic E-state index is 15.3. The van der Waals surface area contributed by atoms with E-state index in [1.165, 1.54) is 4.90 Å². The van der Waals surface area contributed by atoms with Crippen LogP contribution < -0.4 is 5.32 Å². The zero-order chi connectivity index (χ0) is 36.1. The molecule has 268 valence electrons. The first-order valence-corrected chi connectivity index (χ1v) is 18.2. The molecule has 11 heteroatoms. The van der Waals surface area contributed by atoms with Crippen molar-refractivity contribution in [3.8, 4) is 0 Å². The lowest BCUT2D eigenvalue weighted by atomic mass is 9.74. The van der Waals surface area contributed by atoms with Gasteiger partial charge in [-0.3, -0.25) is 19.2 Å². The summed E-state index contributed by atoms with van der Waals surface area (Å²) in [5, 5.41) is 13.7. The number of nitrogens with one attached hydrogen (secondary N) is 1. The molecule has 5 rings (SSSR count). The molecule has 1 spiro atoms. The quantitative estimate of drug-likeness (QED) is 0.309. The van der Waals surface area contributed by atoms with Crippen LogP contribution >= 0.6 is 15.9 Å². The standard InChI is InChI=1S/C38H52BrN3O7/c1-22(2)26(20-43)42-32-34(46)41(37(7,8)21-36(4,5)6)18-14-10-13-17-27(44)40-23(3)30(24-15-11-9-12-16-24)48-35(47)28-29(33(42)45)38(32)19-25(39)31(28)49-38/h9-12,14-16,19,22-23,26,28-32,43H,13,17-18,20-21H2,1-8H3,(H,40,44)/b14-10-/t23-,26-,28+,29-,30+,31+,32+,38-/m0/s1. The topological polar surface area (TPSA) is 125 Å². The summed E-state index contributed by atoms with van der Waals surface area (Å²) in [7, 11) is 0. The van der Waals surface area contributed by atoms with E-state index in [2.05, 4.69) is 42.0 Å². The number of hydrogen-bond donors (Lipinski definition) is 2. The van der Waals surface area contributed by atoms with Crippen LogP contribution in [0.1, 0.15) is 86.3 Å². The third-order valence-corrected chi connectivity index (χ3v) is 11.0. The van der Waals surface area contributed by atoms with E-state index in [0.29, 0.717) is 22.9 Å². The number of hydrogen-bond acceptors (Lipinski definition) is 7. The van der Waals surface area contributed by atoms with Gasteiger partial charge in [0.1, 0.15) is 29.8 Å². The van der Waals surface area contributed by atoms with Crippen molar-refractivity contribution in [1.82, 2.24) is 15.1 Å². The number of allylic oxidation sites excluding steroid dienone is 1. The van der Waals surface area contributed by atoms with Crippen molar-refractivity contribution in [2.45, 2.75) is 116 Å². The molecule has 3 amide bonds. The number of benzene rings is 1. The van der Waals surface area contributed by atoms with Crippen LogP contribution in [0.25, 0.3) is 0 Å². The van der Waals surface area contributed by atoms with E-state index in [1.807, 2.05) is 70.2 Å². The maximum Gasteiger partial charge on any atom is 0.313 e. The lowest BCUT2D eigenvalue weighted by molar-refractivity contribution is -0.162. The summed E-state index contributed by atoms with van der Waals surface area (Å²) in [5.41, 5.74) is -1.58. The molecule has 1 aromatic rings. The van der Waals surface area contributed by atoms with Crippen molar-refractivity contribution in [3.63, 3.8) is 0 Å². The third kappa shape index (κ3) is 7.00. The number of cyclic esters (lactones) is 1. The van der Waals surface area contributed by atoms with E-state index >= 15 is 4.79 Å². The van der Waals surface area contributed by atoms with Crippen LogP contribution in [0.15, 0.2) is 53.0 Å². The molecule has 0 saturated carbocycles. The van der Waals surface area contributed by atoms with Gasteiger partial charge < -0.3 is 29.7 Å². The minimum atomic E-state index is -1.47. The zero-order valence-corrected chi connectivity index (χ0v) is 31.5. The Morgan fingerprint density at radius 3 is 2.31 bits per heavy atom. The summed E-state index contributed by atoms with van der Waals surface area (Å²) in [6.07, 6.45) is 5.22. The van der Waals surface area contributed by atoms with Gasteiger partial charge in [-0.2, -0.15) is 0 Å². The number of aliphatic hydroxyl groups excluding tert-OH is 1. The van der Waals surface area contributed by atoms with Crippen LogP contribution in [0.5, 0.6) is 0 Å². The van der Waals surface area contributed by atoms with Crippen molar-refractivity contribution in [2.24, 2.45) is 23.2 Å². The van der Waals surface area contributed by atoms with Gasteiger partial charge in [0.15, 0.2) is 0 Å². The molecule has 2 saturated heterocycles. The van der Waals surface area contributed by atoms with Crippen molar-refractivity contribution >= 4 is 39.6 Å². The molecular weight excluding hydrogens is 690 g/mol. The highest BCUT2D eigenvalue weighted by molar-refractivity contribution is 9.11. The molecule has 0 aromatic heterocycles. The van der Waals surface area contributed by atoms with Crippen LogP contribution in [0.3, 0.4) is 0 Å². The molecule has 0 unspecified atom stereocenters. The predicted octanol–water partition coefficient (Wildman–Crippen LogP) is 5.06. The molecule has 1 aromatic carbocycles. The van der Waals surface area contributed by atoms with E-state index in [0.717, 1.165) is 0 Å². The second-order valence-electron chi connectivity index (χ2n) is 16.2. The van der Waals surface area contributed by atoms with Gasteiger partial charge in [-0.05, 0) is 56.6 Å². The summed E-state index contributed by atoms with van der Waals surface area (Å²) in [4.78, 5) is 60.9. The number of fused-ring (bicyclic) bond motifs is 2. The van der Waals surface area contributed by atoms with E-state index in [9.17, 15) is 19.5 Å². The van der Waals surface area contributed by atoms with Crippen molar-refractivity contribution in [1.29, 1.82) is 0 Å². The second kappa shape index (κ2) is 13.9. The van der Waals surface area contributed by atoms with Gasteiger partial charge in [0, 0.05) is 23.0 Å². The molecule has 4 heterocycles. The fourth-order valence-electron chi connectivity index (χ4n) is 8.58. The van der Waals surface area contributed by atoms with Crippen molar-refractivity contribution in [3.05, 3.63) is 58.6 Å². The van der Waals surface area contributed by atoms with Crippen LogP contribution in [0.2, 0.25) is 0 Å². The first-order chi connectivity index (χ1) is 22.9. The Morgan fingerprint density at radius 1 is 1.02 bits per heavy atom. The van der Waals surface area contributed by atoms with Gasteiger partial charge in [-0.25, -0.2) is 0 Å². The first kappa shape index (κ1) is 37.2. The smallest absolute Gasteiger partial charge is 0.313 e. The lowest BCUT2D eigenvalue weighted by Crippen LogP contribution is -2.63. The number of amides is 3. The molecule has 8 atom stereocenters. The number of carbonyl (C=O) groups excluding carboxylic acids is 4. The average molecular weight is 743 g/mol. The SMILES string of the molecule is CC(C)[C@H](CO)N1C(=O)[C@@H]2[C@H]3C(=O)O[C@@H](c4ccccc4)[C@H](C)NC(=O)CC/C=C\CN(C(C)(C)CC(C)(C)C)C(=O)[C@@H]1[C@]21C=C(Br)[C@H]3O1. The van der Waals surface area contributed by atoms with Gasteiger partial charge in [0.25, 0.3) is 0 Å². The molecule has 2 N–H and O–H groups in total. The monoisotopic (exact) mass is 741 g/mol. The number of aliphatic hydroxyl groups is 1. The fourth-order valence-corrected chi connectivity index (χ4v) is 9.31. The Balaban J connectivity index is 1.68. The van der Waals surface area contributed by atoms with Crippen molar-refractivity contribution < 1.29 is 33.8 Å². The molecule has 49 heavy (non-hydrogen) atoms. The minimum absolute atomic E-state index is 0.136. The molecule has 2 fully saturated rings. The van der Waals surface area contributed by atoms with E-state index in [-0.39, 0.29) is 42.7 Å². The third-order valence-electron chi connectivity index (χ3n) is 10.4. The Kier molecular flexibility index (Phi) is 10.6. The summed E-state index contributed by atoms with van der Waals surface area (Å²) in [6, 6.07) is 6.77. The molecule has 10 nitrogen and oxygen atoms in total. The van der Waals surface area contributed by atoms with Gasteiger partial charge in [0.2, 0.25) is 17.7 Å². The number of esters is 1. The molecule has 4 aliphatic heterocycles. The molecule has 0 radical (unpaired) electrons. The molecule has 0 aliphatic carbocycles. The first-order valence-electron chi connectivity index (χ1n) is 17.4. The number of nitrogens with zero attached hydrogens (tertiary/aromatic N) is 2. The van der Waals surface area contributed by atoms with Crippen LogP contribution in [0.4, 0.5) is 0 Å². The molecule has 5 bridgehead atoms. The van der Waals surface area contributed by atoms with Crippen LogP contribution in [-0.4, -0.2) is 87.1 Å². The zero-order valence-electron chi connectivity index (χ0n) is 29.9. The highest BCUT2D eigenvalue weighted by Gasteiger charge is 2.76. The summed E-state index contributed by atoms with van der Waals surface area (Å²) in [5.74, 6) is -3.92. The normalized spacial score (nSPS) is 32.6. The molecule has 4 aliphatic rings.